The summed E-state index contributed by atoms with van der Waals surface area (Å²) in [4.78, 5) is 19.2. The minimum atomic E-state index is -0.110. The van der Waals surface area contributed by atoms with Crippen LogP contribution < -0.4 is 5.73 Å². The number of anilines is 1. The minimum Gasteiger partial charge on any atom is -0.397 e. The van der Waals surface area contributed by atoms with Crippen molar-refractivity contribution < 1.29 is 4.79 Å². The lowest BCUT2D eigenvalue weighted by atomic mass is 10.00. The van der Waals surface area contributed by atoms with Crippen LogP contribution in [0, 0.1) is 0 Å². The van der Waals surface area contributed by atoms with E-state index in [2.05, 4.69) is 0 Å². The molecule has 5 aromatic rings. The second kappa shape index (κ2) is 9.43. The Labute approximate surface area is 211 Å². The molecule has 166 valence electrons. The van der Waals surface area contributed by atoms with Gasteiger partial charge in [0.1, 0.15) is 9.71 Å². The summed E-state index contributed by atoms with van der Waals surface area (Å²) in [6.07, 6.45) is 3.92. The summed E-state index contributed by atoms with van der Waals surface area (Å²) in [5.41, 5.74) is 11.2. The van der Waals surface area contributed by atoms with Gasteiger partial charge in [-0.25, -0.2) is 4.98 Å². The van der Waals surface area contributed by atoms with Crippen LogP contribution in [0.15, 0.2) is 84.9 Å². The van der Waals surface area contributed by atoms with E-state index in [9.17, 15) is 4.79 Å². The smallest absolute Gasteiger partial charge is 0.205 e. The Balaban J connectivity index is 1.67. The summed E-state index contributed by atoms with van der Waals surface area (Å²) < 4.78 is 0. The fourth-order valence-corrected chi connectivity index (χ4v) is 5.07. The normalized spacial score (nSPS) is 11.4. The average molecular weight is 501 g/mol. The number of aromatic nitrogens is 1. The number of carbonyl (C=O) groups excluding carboxylic acids is 1. The Morgan fingerprint density at radius 3 is 2.18 bits per heavy atom. The van der Waals surface area contributed by atoms with Crippen molar-refractivity contribution in [3.8, 4) is 11.1 Å². The number of rotatable bonds is 5. The number of carbonyl (C=O) groups is 1. The number of ketones is 1. The van der Waals surface area contributed by atoms with Crippen LogP contribution >= 0.6 is 34.5 Å². The molecule has 0 aliphatic heterocycles. The molecular weight excluding hydrogens is 483 g/mol. The summed E-state index contributed by atoms with van der Waals surface area (Å²) in [6.45, 7) is 0. The third kappa shape index (κ3) is 4.48. The first-order valence-corrected chi connectivity index (χ1v) is 12.1. The lowest BCUT2D eigenvalue weighted by molar-refractivity contribution is 0.104. The molecule has 0 saturated heterocycles. The highest BCUT2D eigenvalue weighted by Gasteiger charge is 2.22. The number of fused-ring (bicyclic) bond motifs is 1. The van der Waals surface area contributed by atoms with Gasteiger partial charge in [0.2, 0.25) is 5.78 Å². The third-order valence-corrected chi connectivity index (χ3v) is 7.03. The summed E-state index contributed by atoms with van der Waals surface area (Å²) in [7, 11) is 0. The van der Waals surface area contributed by atoms with Gasteiger partial charge in [0.25, 0.3) is 0 Å². The van der Waals surface area contributed by atoms with E-state index in [4.69, 9.17) is 33.9 Å². The summed E-state index contributed by atoms with van der Waals surface area (Å²) in [5.74, 6) is -0.110. The Morgan fingerprint density at radius 2 is 1.50 bits per heavy atom. The van der Waals surface area contributed by atoms with Crippen molar-refractivity contribution in [2.24, 2.45) is 0 Å². The fourth-order valence-electron chi connectivity index (χ4n) is 3.73. The van der Waals surface area contributed by atoms with Crippen molar-refractivity contribution in [2.45, 2.75) is 0 Å². The first kappa shape index (κ1) is 22.4. The molecule has 2 aromatic heterocycles. The Hall–Kier alpha value is -3.44. The van der Waals surface area contributed by atoms with Crippen LogP contribution in [-0.4, -0.2) is 10.8 Å². The van der Waals surface area contributed by atoms with Gasteiger partial charge in [-0.15, -0.1) is 11.3 Å². The number of thiophene rings is 1. The molecule has 6 heteroatoms. The van der Waals surface area contributed by atoms with Crippen molar-refractivity contribution in [1.29, 1.82) is 0 Å². The van der Waals surface area contributed by atoms with Crippen LogP contribution in [0.2, 0.25) is 10.0 Å². The minimum absolute atomic E-state index is 0.110. The maximum Gasteiger partial charge on any atom is 0.205 e. The molecular formula is C28H18Cl2N2OS. The van der Waals surface area contributed by atoms with Gasteiger partial charge in [0, 0.05) is 21.0 Å². The van der Waals surface area contributed by atoms with Crippen LogP contribution in [0.3, 0.4) is 0 Å². The van der Waals surface area contributed by atoms with Gasteiger partial charge in [-0.05, 0) is 53.1 Å². The van der Waals surface area contributed by atoms with Crippen LogP contribution in [-0.2, 0) is 0 Å². The number of nitrogen functional groups attached to an aromatic ring is 1. The van der Waals surface area contributed by atoms with Gasteiger partial charge in [-0.3, -0.25) is 4.79 Å². The van der Waals surface area contributed by atoms with E-state index in [0.717, 1.165) is 27.8 Å². The molecule has 34 heavy (non-hydrogen) atoms. The predicted octanol–water partition coefficient (Wildman–Crippen LogP) is 8.25. The highest BCUT2D eigenvalue weighted by molar-refractivity contribution is 7.21. The van der Waals surface area contributed by atoms with Gasteiger partial charge in [-0.1, -0.05) is 83.9 Å². The van der Waals surface area contributed by atoms with Crippen molar-refractivity contribution >= 4 is 68.4 Å². The van der Waals surface area contributed by atoms with E-state index in [1.54, 1.807) is 12.1 Å². The lowest BCUT2D eigenvalue weighted by Crippen LogP contribution is -2.01. The standard InChI is InChI=1S/C28H18Cl2N2OS/c29-20-11-6-17(7-12-20)8-15-22-16-23(18-9-13-21(30)14-10-18)24-25(31)27(34-28(24)32-22)26(33)19-4-2-1-3-5-19/h1-16H,31H2/b15-8+. The molecule has 0 fully saturated rings. The second-order valence-electron chi connectivity index (χ2n) is 7.71. The van der Waals surface area contributed by atoms with E-state index < -0.39 is 0 Å². The maximum absolute atomic E-state index is 13.2. The average Bonchev–Trinajstić information content (AvgIpc) is 3.20. The molecule has 5 rings (SSSR count). The van der Waals surface area contributed by atoms with Crippen LogP contribution in [0.5, 0.6) is 0 Å². The second-order valence-corrected chi connectivity index (χ2v) is 9.58. The van der Waals surface area contributed by atoms with Crippen LogP contribution in [0.1, 0.15) is 26.5 Å². The van der Waals surface area contributed by atoms with Gasteiger partial charge in [0.15, 0.2) is 0 Å². The zero-order valence-corrected chi connectivity index (χ0v) is 20.2. The molecule has 3 nitrogen and oxygen atoms in total. The molecule has 0 unspecified atom stereocenters. The molecule has 0 spiro atoms. The van der Waals surface area contributed by atoms with Crippen molar-refractivity contribution in [3.63, 3.8) is 0 Å². The van der Waals surface area contributed by atoms with Crippen molar-refractivity contribution in [3.05, 3.63) is 117 Å². The molecule has 2 N–H and O–H groups in total. The summed E-state index contributed by atoms with van der Waals surface area (Å²) >= 11 is 13.4. The number of hydrogen-bond acceptors (Lipinski definition) is 4. The molecule has 3 aromatic carbocycles. The molecule has 0 saturated carbocycles. The third-order valence-electron chi connectivity index (χ3n) is 5.43. The number of nitrogens with two attached hydrogens (primary N) is 1. The van der Waals surface area contributed by atoms with Gasteiger partial charge >= 0.3 is 0 Å². The summed E-state index contributed by atoms with van der Waals surface area (Å²) in [6, 6.07) is 26.3. The van der Waals surface area contributed by atoms with E-state index in [1.807, 2.05) is 84.9 Å². The van der Waals surface area contributed by atoms with Gasteiger partial charge in [0.05, 0.1) is 11.4 Å². The van der Waals surface area contributed by atoms with E-state index in [1.165, 1.54) is 11.3 Å². The number of benzene rings is 3. The number of halogens is 2. The topological polar surface area (TPSA) is 56.0 Å². The SMILES string of the molecule is Nc1c(C(=O)c2ccccc2)sc2nc(/C=C/c3ccc(Cl)cc3)cc(-c3ccc(Cl)cc3)c12. The molecule has 0 bridgehead atoms. The highest BCUT2D eigenvalue weighted by atomic mass is 35.5. The van der Waals surface area contributed by atoms with E-state index in [0.29, 0.717) is 31.0 Å². The zero-order chi connectivity index (χ0) is 23.7. The summed E-state index contributed by atoms with van der Waals surface area (Å²) in [5, 5.41) is 2.11. The largest absolute Gasteiger partial charge is 0.397 e. The first-order chi connectivity index (χ1) is 16.5. The van der Waals surface area contributed by atoms with Crippen molar-refractivity contribution in [2.75, 3.05) is 5.73 Å². The van der Waals surface area contributed by atoms with Crippen molar-refractivity contribution in [1.82, 2.24) is 4.98 Å². The van der Waals surface area contributed by atoms with Gasteiger partial charge in [-0.2, -0.15) is 0 Å². The van der Waals surface area contributed by atoms with Crippen LogP contribution in [0.25, 0.3) is 33.5 Å². The Kier molecular flexibility index (Phi) is 6.20. The molecule has 2 heterocycles. The molecule has 0 aliphatic rings. The predicted molar refractivity (Wildman–Crippen MR) is 145 cm³/mol. The molecule has 0 aliphatic carbocycles. The molecule has 0 amide bonds. The Morgan fingerprint density at radius 1 is 0.853 bits per heavy atom. The molecule has 0 atom stereocenters. The number of hydrogen-bond donors (Lipinski definition) is 1. The van der Waals surface area contributed by atoms with E-state index >= 15 is 0 Å². The van der Waals surface area contributed by atoms with E-state index in [-0.39, 0.29) is 5.78 Å². The quantitative estimate of drug-likeness (QED) is 0.247. The number of pyridine rings is 1. The zero-order valence-electron chi connectivity index (χ0n) is 17.8. The first-order valence-electron chi connectivity index (χ1n) is 10.5. The number of nitrogens with zero attached hydrogens (tertiary/aromatic N) is 1. The highest BCUT2D eigenvalue weighted by Crippen LogP contribution is 2.41. The fraction of sp³-hybridized carbons (Fsp3) is 0. The lowest BCUT2D eigenvalue weighted by Gasteiger charge is -2.07. The monoisotopic (exact) mass is 500 g/mol. The van der Waals surface area contributed by atoms with Gasteiger partial charge < -0.3 is 5.73 Å². The van der Waals surface area contributed by atoms with Crippen LogP contribution in [0.4, 0.5) is 5.69 Å². The maximum atomic E-state index is 13.2. The Bertz CT molecular complexity index is 1520. The molecule has 0 radical (unpaired) electrons.